The van der Waals surface area contributed by atoms with E-state index in [1.165, 1.54) is 12.2 Å². The van der Waals surface area contributed by atoms with Crippen LogP contribution in [0.15, 0.2) is 38.5 Å². The van der Waals surface area contributed by atoms with E-state index in [1.54, 1.807) is 13.8 Å². The first kappa shape index (κ1) is 48.6. The van der Waals surface area contributed by atoms with Crippen molar-refractivity contribution in [1.29, 1.82) is 0 Å². The van der Waals surface area contributed by atoms with Gasteiger partial charge in [-0.3, -0.25) is 24.6 Å². The molecular formula is C42H47N6NiO14-7. The molecule has 21 heteroatoms. The van der Waals surface area contributed by atoms with Crippen molar-refractivity contribution in [2.24, 2.45) is 67.0 Å². The molecule has 20 nitrogen and oxygen atoms in total. The Hall–Kier alpha value is -5.46. The Bertz CT molecular complexity index is 2120. The monoisotopic (exact) mass is 917 g/mol. The second kappa shape index (κ2) is 18.7. The second-order valence-electron chi connectivity index (χ2n) is 18.0. The summed E-state index contributed by atoms with van der Waals surface area (Å²) in [4.78, 5) is 114. The van der Waals surface area contributed by atoms with Crippen molar-refractivity contribution in [3.63, 3.8) is 0 Å². The van der Waals surface area contributed by atoms with E-state index in [2.05, 4.69) is 5.32 Å². The summed E-state index contributed by atoms with van der Waals surface area (Å²) in [6.45, 7) is 3.43. The SMILES string of the molecule is C[C@@]12CC(=O)N[C@@]13C[C@@H]1N=C(CC4[N-]C(=CC5=N/C(=C\C(=N3)[C@H]2CCC(=O)[O-])[C@@H](CC(=O)[O-])[C@@H]5CCC(=O)[O-])C(CCC(=O)[O-])[C@@H]4CC(=O)[O-])[C@@](C)(CC(N)=O)[C@@H]1CCC(=O)[O-].[Ni]. The van der Waals surface area contributed by atoms with Crippen molar-refractivity contribution >= 4 is 64.8 Å². The molecular weight excluding hydrogens is 871 g/mol. The molecule has 0 saturated carbocycles. The maximum Gasteiger partial charge on any atom is 0.222 e. The van der Waals surface area contributed by atoms with E-state index in [1.807, 2.05) is 0 Å². The molecule has 6 aliphatic heterocycles. The van der Waals surface area contributed by atoms with E-state index in [0.717, 1.165) is 0 Å². The summed E-state index contributed by atoms with van der Waals surface area (Å²) in [5.74, 6) is -15.3. The number of fused-ring (bicyclic) bond motifs is 4. The van der Waals surface area contributed by atoms with Crippen molar-refractivity contribution < 1.29 is 85.5 Å². The van der Waals surface area contributed by atoms with Gasteiger partial charge in [-0.15, -0.1) is 6.04 Å². The minimum absolute atomic E-state index is 0. The molecule has 0 radical (unpaired) electrons. The number of aliphatic imine (C=N–C) groups is 3. The topological polar surface area (TPSA) is 364 Å². The summed E-state index contributed by atoms with van der Waals surface area (Å²) in [5.41, 5.74) is 2.82. The number of hydrogen-bond donors (Lipinski definition) is 2. The molecule has 6 aliphatic rings. The average Bonchev–Trinajstić information content (AvgIpc) is 3.82. The zero-order chi connectivity index (χ0) is 45.5. The van der Waals surface area contributed by atoms with Gasteiger partial charge in [0.05, 0.1) is 6.04 Å². The van der Waals surface area contributed by atoms with Crippen LogP contribution < -0.4 is 41.7 Å². The van der Waals surface area contributed by atoms with E-state index >= 15 is 0 Å². The van der Waals surface area contributed by atoms with Gasteiger partial charge in [-0.25, -0.2) is 0 Å². The van der Waals surface area contributed by atoms with Crippen LogP contribution in [0.5, 0.6) is 0 Å². The summed E-state index contributed by atoms with van der Waals surface area (Å²) < 4.78 is 0. The summed E-state index contributed by atoms with van der Waals surface area (Å²) in [7, 11) is 0. The summed E-state index contributed by atoms with van der Waals surface area (Å²) >= 11 is 0. The zero-order valence-corrected chi connectivity index (χ0v) is 35.6. The fourth-order valence-corrected chi connectivity index (χ4v) is 11.4. The molecule has 8 bridgehead atoms. The first-order chi connectivity index (χ1) is 29.0. The summed E-state index contributed by atoms with van der Waals surface area (Å²) in [6, 6.07) is -1.86. The Kier molecular flexibility index (Phi) is 14.4. The van der Waals surface area contributed by atoms with Crippen molar-refractivity contribution in [3.05, 3.63) is 28.9 Å². The Morgan fingerprint density at radius 1 is 0.778 bits per heavy atom. The van der Waals surface area contributed by atoms with Crippen LogP contribution in [0, 0.1) is 46.3 Å². The number of nitrogens with one attached hydrogen (secondary N) is 1. The molecule has 0 aromatic heterocycles. The number of allylic oxidation sites excluding steroid dienone is 4. The third kappa shape index (κ3) is 9.87. The molecule has 0 aromatic carbocycles. The van der Waals surface area contributed by atoms with Gasteiger partial charge in [-0.2, -0.15) is 5.70 Å². The summed E-state index contributed by atoms with van der Waals surface area (Å²) in [5, 5.41) is 80.2. The van der Waals surface area contributed by atoms with Gasteiger partial charge in [0, 0.05) is 123 Å². The number of amides is 2. The van der Waals surface area contributed by atoms with Crippen LogP contribution in [0.3, 0.4) is 0 Å². The standard InChI is InChI=1S/C42H54N6O14.Ni/c1-40(17-32(43)49)23(5-9-36(55)56)30-16-42-41(2,18-33(50)48-42)24(6-10-37(57)58)29(47-42)14-27-21(11-38(59)60)19(3-7-34(51)52)25(44-27)13-26-20(4-8-35(53)54)22(12-39(61)62)28(45-26)15-31(40)46-30;/h13-14,19-24,28,30H,3-12,15-18H2,1-2H3,(H10,43,44,45,47,48,49,50,51,52,53,54,55,56,57,58,59,60,61,62);/p-7/t19-,20?,21-,22-,23+,24+,28?,30-,40-,41-,42-;/m0./s1. The molecule has 0 aromatic rings. The zero-order valence-electron chi connectivity index (χ0n) is 34.6. The quantitative estimate of drug-likeness (QED) is 0.122. The van der Waals surface area contributed by atoms with Crippen LogP contribution >= 0.6 is 0 Å². The Labute approximate surface area is 372 Å². The molecule has 11 atom stereocenters. The minimum atomic E-state index is -1.54. The molecule has 0 aliphatic carbocycles. The van der Waals surface area contributed by atoms with E-state index in [0.29, 0.717) is 5.71 Å². The fraction of sp³-hybridized carbons (Fsp3) is 0.643. The molecule has 2 saturated heterocycles. The van der Waals surface area contributed by atoms with Gasteiger partial charge >= 0.3 is 0 Å². The molecule has 6 rings (SSSR count). The number of carboxylic acid groups (broad SMARTS) is 6. The number of hydrogen-bond acceptors (Lipinski definition) is 17. The molecule has 63 heavy (non-hydrogen) atoms. The number of carbonyl (C=O) groups is 8. The van der Waals surface area contributed by atoms with E-state index in [-0.39, 0.29) is 90.7 Å². The Balaban J connectivity index is 0.00000748. The van der Waals surface area contributed by atoms with Gasteiger partial charge in [0.2, 0.25) is 11.8 Å². The molecule has 6 heterocycles. The second-order valence-corrected chi connectivity index (χ2v) is 18.0. The molecule has 346 valence electrons. The van der Waals surface area contributed by atoms with Crippen LogP contribution in [0.25, 0.3) is 5.32 Å². The number of carboxylic acids is 6. The normalized spacial score (nSPS) is 34.7. The van der Waals surface area contributed by atoms with Crippen molar-refractivity contribution in [1.82, 2.24) is 5.32 Å². The number of carbonyl (C=O) groups excluding carboxylic acids is 8. The third-order valence-electron chi connectivity index (χ3n) is 14.2. The van der Waals surface area contributed by atoms with E-state index in [4.69, 9.17) is 26.0 Å². The van der Waals surface area contributed by atoms with Crippen molar-refractivity contribution in [2.45, 2.75) is 121 Å². The van der Waals surface area contributed by atoms with Crippen molar-refractivity contribution in [3.8, 4) is 0 Å². The third-order valence-corrected chi connectivity index (χ3v) is 14.2. The van der Waals surface area contributed by atoms with Gasteiger partial charge in [0.15, 0.2) is 0 Å². The van der Waals surface area contributed by atoms with E-state index < -0.39 is 150 Å². The van der Waals surface area contributed by atoms with Crippen LogP contribution in [0.2, 0.25) is 0 Å². The van der Waals surface area contributed by atoms with Gasteiger partial charge < -0.3 is 75.8 Å². The predicted molar refractivity (Wildman–Crippen MR) is 201 cm³/mol. The predicted octanol–water partition coefficient (Wildman–Crippen LogP) is -4.76. The van der Waals surface area contributed by atoms with E-state index in [9.17, 15) is 69.0 Å². The van der Waals surface area contributed by atoms with Crippen LogP contribution in [0.4, 0.5) is 0 Å². The first-order valence-electron chi connectivity index (χ1n) is 20.7. The molecule has 3 N–H and O–H groups in total. The van der Waals surface area contributed by atoms with Gasteiger partial charge in [-0.05, 0) is 94.5 Å². The first-order valence-corrected chi connectivity index (χ1v) is 20.7. The van der Waals surface area contributed by atoms with Crippen LogP contribution in [0.1, 0.15) is 104 Å². The molecule has 2 unspecified atom stereocenters. The van der Waals surface area contributed by atoms with Gasteiger partial charge in [-0.1, -0.05) is 19.9 Å². The number of aliphatic carboxylic acids is 6. The average molecular weight is 919 g/mol. The minimum Gasteiger partial charge on any atom is -0.684 e. The van der Waals surface area contributed by atoms with Crippen LogP contribution in [-0.2, 0) is 54.8 Å². The molecule has 2 fully saturated rings. The van der Waals surface area contributed by atoms with Crippen molar-refractivity contribution in [2.75, 3.05) is 0 Å². The Morgan fingerprint density at radius 3 is 1.95 bits per heavy atom. The van der Waals surface area contributed by atoms with Gasteiger partial charge in [0.1, 0.15) is 5.66 Å². The van der Waals surface area contributed by atoms with Crippen LogP contribution in [-0.4, -0.2) is 82.5 Å². The maximum atomic E-state index is 13.5. The molecule has 2 amide bonds. The number of nitrogens with two attached hydrogens (primary N) is 1. The maximum absolute atomic E-state index is 13.5. The number of primary amides is 1. The number of rotatable bonds is 18. The smallest absolute Gasteiger partial charge is 0.222 e. The van der Waals surface area contributed by atoms with Gasteiger partial charge in [0.25, 0.3) is 0 Å². The fourth-order valence-electron chi connectivity index (χ4n) is 11.4. The Morgan fingerprint density at radius 2 is 1.37 bits per heavy atom. The largest absolute Gasteiger partial charge is 0.684 e. The summed E-state index contributed by atoms with van der Waals surface area (Å²) in [6.07, 6.45) is -1.58. The number of nitrogens with zero attached hydrogens (tertiary/aromatic N) is 4. The molecule has 1 spiro atoms.